The molecule has 0 spiro atoms. The second-order valence-corrected chi connectivity index (χ2v) is 4.35. The molecule has 0 aromatic heterocycles. The van der Waals surface area contributed by atoms with Crippen molar-refractivity contribution in [2.75, 3.05) is 33.2 Å². The molecule has 3 nitrogen and oxygen atoms in total. The highest BCUT2D eigenvalue weighted by Crippen LogP contribution is 2.03. The molecule has 17 heavy (non-hydrogen) atoms. The van der Waals surface area contributed by atoms with E-state index in [0.717, 1.165) is 31.7 Å². The molecule has 0 bridgehead atoms. The van der Waals surface area contributed by atoms with Gasteiger partial charge in [-0.3, -0.25) is 4.90 Å². The molecule has 1 atom stereocenters. The van der Waals surface area contributed by atoms with Gasteiger partial charge in [0.25, 0.3) is 0 Å². The van der Waals surface area contributed by atoms with Crippen molar-refractivity contribution < 1.29 is 5.11 Å². The largest absolute Gasteiger partial charge is 0.367 e. The minimum Gasteiger partial charge on any atom is -0.367 e. The highest BCUT2D eigenvalue weighted by Gasteiger charge is 2.18. The van der Waals surface area contributed by atoms with E-state index in [2.05, 4.69) is 23.8 Å². The van der Waals surface area contributed by atoms with Gasteiger partial charge in [-0.05, 0) is 25.1 Å². The summed E-state index contributed by atoms with van der Waals surface area (Å²) in [4.78, 5) is 4.27. The summed E-state index contributed by atoms with van der Waals surface area (Å²) in [5, 5.41) is 9.96. The van der Waals surface area contributed by atoms with Crippen LogP contribution in [0.4, 0.5) is 0 Å². The van der Waals surface area contributed by atoms with Crippen LogP contribution in [-0.4, -0.2) is 54.4 Å². The van der Waals surface area contributed by atoms with E-state index in [9.17, 15) is 5.11 Å². The summed E-state index contributed by atoms with van der Waals surface area (Å²) in [5.74, 6) is 5.89. The van der Waals surface area contributed by atoms with E-state index in [4.69, 9.17) is 0 Å². The maximum atomic E-state index is 9.96. The standard InChI is InChI=1S/C14H18N2O/c1-15-9-11-16(12-10-15)14(17)8-7-13-5-3-2-4-6-13/h2-6,14,17H,9-12H2,1H3. The Morgan fingerprint density at radius 2 is 1.76 bits per heavy atom. The first kappa shape index (κ1) is 12.1. The van der Waals surface area contributed by atoms with E-state index in [0.29, 0.717) is 0 Å². The Kier molecular flexibility index (Phi) is 4.16. The molecule has 3 heteroatoms. The predicted octanol–water partition coefficient (Wildman–Crippen LogP) is 0.604. The quantitative estimate of drug-likeness (QED) is 0.716. The topological polar surface area (TPSA) is 26.7 Å². The van der Waals surface area contributed by atoms with Gasteiger partial charge in [0, 0.05) is 31.7 Å². The SMILES string of the molecule is CN1CCN(C(O)C#Cc2ccccc2)CC1. The van der Waals surface area contributed by atoms with E-state index in [1.54, 1.807) is 0 Å². The summed E-state index contributed by atoms with van der Waals surface area (Å²) in [5.41, 5.74) is 0.945. The van der Waals surface area contributed by atoms with Crippen LogP contribution in [0.3, 0.4) is 0 Å². The third-order valence-electron chi connectivity index (χ3n) is 3.00. The van der Waals surface area contributed by atoms with Crippen LogP contribution in [0.2, 0.25) is 0 Å². The number of aliphatic hydroxyl groups is 1. The monoisotopic (exact) mass is 230 g/mol. The fourth-order valence-corrected chi connectivity index (χ4v) is 1.83. The number of aliphatic hydroxyl groups excluding tert-OH is 1. The zero-order valence-electron chi connectivity index (χ0n) is 10.1. The lowest BCUT2D eigenvalue weighted by atomic mass is 10.2. The van der Waals surface area contributed by atoms with Crippen LogP contribution in [0.1, 0.15) is 5.56 Å². The summed E-state index contributed by atoms with van der Waals surface area (Å²) in [6.07, 6.45) is -0.649. The minimum absolute atomic E-state index is 0.649. The number of hydrogen-bond donors (Lipinski definition) is 1. The van der Waals surface area contributed by atoms with Crippen molar-refractivity contribution in [2.24, 2.45) is 0 Å². The van der Waals surface area contributed by atoms with E-state index in [1.807, 2.05) is 35.2 Å². The molecular formula is C14H18N2O. The van der Waals surface area contributed by atoms with Gasteiger partial charge in [-0.25, -0.2) is 0 Å². The summed E-state index contributed by atoms with van der Waals surface area (Å²) < 4.78 is 0. The van der Waals surface area contributed by atoms with Gasteiger partial charge in [-0.15, -0.1) is 0 Å². The van der Waals surface area contributed by atoms with E-state index >= 15 is 0 Å². The molecule has 90 valence electrons. The highest BCUT2D eigenvalue weighted by atomic mass is 16.3. The molecule has 1 aliphatic rings. The minimum atomic E-state index is -0.649. The fourth-order valence-electron chi connectivity index (χ4n) is 1.83. The van der Waals surface area contributed by atoms with Crippen molar-refractivity contribution >= 4 is 0 Å². The third-order valence-corrected chi connectivity index (χ3v) is 3.00. The van der Waals surface area contributed by atoms with Crippen molar-refractivity contribution in [1.82, 2.24) is 9.80 Å². The molecule has 0 amide bonds. The maximum absolute atomic E-state index is 9.96. The first-order valence-electron chi connectivity index (χ1n) is 5.93. The molecule has 1 aliphatic heterocycles. The first-order chi connectivity index (χ1) is 8.25. The van der Waals surface area contributed by atoms with Crippen molar-refractivity contribution in [1.29, 1.82) is 0 Å². The Bertz CT molecular complexity index is 399. The van der Waals surface area contributed by atoms with Gasteiger partial charge in [-0.1, -0.05) is 24.1 Å². The molecule has 0 saturated carbocycles. The van der Waals surface area contributed by atoms with Gasteiger partial charge < -0.3 is 10.0 Å². The summed E-state index contributed by atoms with van der Waals surface area (Å²) >= 11 is 0. The molecule has 1 heterocycles. The lowest BCUT2D eigenvalue weighted by Crippen LogP contribution is -2.48. The Hall–Kier alpha value is -1.34. The van der Waals surface area contributed by atoms with Gasteiger partial charge in [0.15, 0.2) is 6.23 Å². The summed E-state index contributed by atoms with van der Waals surface area (Å²) in [6, 6.07) is 9.76. The molecule has 1 fully saturated rings. The smallest absolute Gasteiger partial charge is 0.171 e. The van der Waals surface area contributed by atoms with Crippen LogP contribution in [-0.2, 0) is 0 Å². The second-order valence-electron chi connectivity index (χ2n) is 4.35. The lowest BCUT2D eigenvalue weighted by Gasteiger charge is -2.33. The number of benzene rings is 1. The molecule has 1 unspecified atom stereocenters. The van der Waals surface area contributed by atoms with Gasteiger partial charge in [0.2, 0.25) is 0 Å². The zero-order valence-corrected chi connectivity index (χ0v) is 10.1. The van der Waals surface area contributed by atoms with E-state index in [-0.39, 0.29) is 0 Å². The highest BCUT2D eigenvalue weighted by molar-refractivity contribution is 5.34. The van der Waals surface area contributed by atoms with Crippen molar-refractivity contribution in [2.45, 2.75) is 6.23 Å². The van der Waals surface area contributed by atoms with Crippen molar-refractivity contribution in [3.63, 3.8) is 0 Å². The van der Waals surface area contributed by atoms with E-state index in [1.165, 1.54) is 0 Å². The van der Waals surface area contributed by atoms with Crippen LogP contribution in [0, 0.1) is 11.8 Å². The van der Waals surface area contributed by atoms with Gasteiger partial charge in [0.1, 0.15) is 0 Å². The predicted molar refractivity (Wildman–Crippen MR) is 68.4 cm³/mol. The number of hydrogen-bond acceptors (Lipinski definition) is 3. The normalized spacial score (nSPS) is 19.4. The van der Waals surface area contributed by atoms with Crippen LogP contribution in [0.15, 0.2) is 30.3 Å². The average Bonchev–Trinajstić information content (AvgIpc) is 2.38. The van der Waals surface area contributed by atoms with Crippen LogP contribution in [0.25, 0.3) is 0 Å². The summed E-state index contributed by atoms with van der Waals surface area (Å²) in [6.45, 7) is 3.73. The molecule has 1 aromatic rings. The number of rotatable bonds is 1. The zero-order chi connectivity index (χ0) is 12.1. The number of likely N-dealkylation sites (N-methyl/N-ethyl adjacent to an activating group) is 1. The molecule has 2 rings (SSSR count). The molecule has 1 aromatic carbocycles. The molecule has 0 aliphatic carbocycles. The lowest BCUT2D eigenvalue weighted by molar-refractivity contribution is 0.0172. The van der Waals surface area contributed by atoms with Crippen molar-refractivity contribution in [3.05, 3.63) is 35.9 Å². The first-order valence-corrected chi connectivity index (χ1v) is 5.93. The van der Waals surface area contributed by atoms with Crippen LogP contribution in [0.5, 0.6) is 0 Å². The Labute approximate surface area is 103 Å². The Balaban J connectivity index is 1.93. The summed E-state index contributed by atoms with van der Waals surface area (Å²) in [7, 11) is 2.10. The van der Waals surface area contributed by atoms with Gasteiger partial charge in [0.05, 0.1) is 0 Å². The molecule has 1 N–H and O–H groups in total. The van der Waals surface area contributed by atoms with Gasteiger partial charge in [-0.2, -0.15) is 0 Å². The van der Waals surface area contributed by atoms with Crippen LogP contribution < -0.4 is 0 Å². The molecule has 1 saturated heterocycles. The van der Waals surface area contributed by atoms with Crippen LogP contribution >= 0.6 is 0 Å². The van der Waals surface area contributed by atoms with Crippen molar-refractivity contribution in [3.8, 4) is 11.8 Å². The second kappa shape index (κ2) is 5.83. The maximum Gasteiger partial charge on any atom is 0.171 e. The number of piperazine rings is 1. The number of nitrogens with zero attached hydrogens (tertiary/aromatic N) is 2. The average molecular weight is 230 g/mol. The van der Waals surface area contributed by atoms with Gasteiger partial charge >= 0.3 is 0 Å². The fraction of sp³-hybridized carbons (Fsp3) is 0.429. The molecular weight excluding hydrogens is 212 g/mol. The molecule has 0 radical (unpaired) electrons. The Morgan fingerprint density at radius 3 is 2.41 bits per heavy atom. The third kappa shape index (κ3) is 3.57. The van der Waals surface area contributed by atoms with E-state index < -0.39 is 6.23 Å². The Morgan fingerprint density at radius 1 is 1.12 bits per heavy atom.